The Balaban J connectivity index is 2.21. The van der Waals surface area contributed by atoms with E-state index in [2.05, 4.69) is 5.32 Å². The molecule has 2 amide bonds. The van der Waals surface area contributed by atoms with Crippen molar-refractivity contribution in [1.82, 2.24) is 5.32 Å². The molecule has 0 spiro atoms. The minimum Gasteiger partial charge on any atom is -0.321 e. The summed E-state index contributed by atoms with van der Waals surface area (Å²) in [6.45, 7) is 1.31. The summed E-state index contributed by atoms with van der Waals surface area (Å²) in [6.07, 6.45) is 0. The van der Waals surface area contributed by atoms with Crippen LogP contribution < -0.4 is 10.6 Å². The van der Waals surface area contributed by atoms with Crippen molar-refractivity contribution in [2.45, 2.75) is 38.2 Å². The zero-order valence-corrected chi connectivity index (χ0v) is 13.5. The first-order valence-electron chi connectivity index (χ1n) is 7.28. The van der Waals surface area contributed by atoms with Crippen molar-refractivity contribution in [3.8, 4) is 0 Å². The third kappa shape index (κ3) is 3.44. The molecule has 0 aliphatic rings. The van der Waals surface area contributed by atoms with Gasteiger partial charge >= 0.3 is 6.03 Å². The summed E-state index contributed by atoms with van der Waals surface area (Å²) in [6, 6.07) is 11.1. The first-order chi connectivity index (χ1) is 10.9. The van der Waals surface area contributed by atoms with Crippen LogP contribution in [0.3, 0.4) is 0 Å². The van der Waals surface area contributed by atoms with E-state index in [1.54, 1.807) is 29.6 Å². The van der Waals surface area contributed by atoms with Crippen LogP contribution in [0.1, 0.15) is 20.8 Å². The van der Waals surface area contributed by atoms with E-state index < -0.39 is 23.4 Å². The summed E-state index contributed by atoms with van der Waals surface area (Å²) in [5.74, 6) is -7.65. The van der Waals surface area contributed by atoms with E-state index in [0.717, 1.165) is 10.8 Å². The molecule has 0 unspecified atom stereocenters. The SMILES string of the molecule is CC(F)(F)C(C)(NC(=O)Nc1ccc2ccccc2c1)C(C)(F)F. The van der Waals surface area contributed by atoms with Crippen LogP contribution in [0.5, 0.6) is 0 Å². The highest BCUT2D eigenvalue weighted by molar-refractivity contribution is 5.93. The van der Waals surface area contributed by atoms with E-state index in [9.17, 15) is 22.4 Å². The van der Waals surface area contributed by atoms with E-state index >= 15 is 0 Å². The fourth-order valence-corrected chi connectivity index (χ4v) is 2.26. The van der Waals surface area contributed by atoms with Crippen LogP contribution in [-0.2, 0) is 0 Å². The smallest absolute Gasteiger partial charge is 0.320 e. The molecule has 0 bridgehead atoms. The molecule has 0 aromatic heterocycles. The van der Waals surface area contributed by atoms with Crippen LogP contribution in [0.2, 0.25) is 0 Å². The summed E-state index contributed by atoms with van der Waals surface area (Å²) in [4.78, 5) is 12.0. The molecule has 24 heavy (non-hydrogen) atoms. The lowest BCUT2D eigenvalue weighted by molar-refractivity contribution is -0.173. The quantitative estimate of drug-likeness (QED) is 0.752. The van der Waals surface area contributed by atoms with Gasteiger partial charge in [-0.25, -0.2) is 22.4 Å². The van der Waals surface area contributed by atoms with Crippen molar-refractivity contribution in [1.29, 1.82) is 0 Å². The molecule has 3 nitrogen and oxygen atoms in total. The summed E-state index contributed by atoms with van der Waals surface area (Å²) < 4.78 is 54.6. The number of carbonyl (C=O) groups excluding carboxylic acids is 1. The summed E-state index contributed by atoms with van der Waals surface area (Å²) in [5.41, 5.74) is -2.71. The number of amides is 2. The lowest BCUT2D eigenvalue weighted by Gasteiger charge is -2.40. The van der Waals surface area contributed by atoms with Gasteiger partial charge in [-0.3, -0.25) is 0 Å². The van der Waals surface area contributed by atoms with Crippen molar-refractivity contribution >= 4 is 22.5 Å². The number of hydrogen-bond donors (Lipinski definition) is 2. The average molecular weight is 342 g/mol. The van der Waals surface area contributed by atoms with Gasteiger partial charge in [0.2, 0.25) is 0 Å². The minimum absolute atomic E-state index is 0.312. The molecule has 0 heterocycles. The molecule has 0 radical (unpaired) electrons. The highest BCUT2D eigenvalue weighted by Crippen LogP contribution is 2.40. The van der Waals surface area contributed by atoms with Crippen LogP contribution in [0.4, 0.5) is 28.0 Å². The molecular formula is C17H18F4N2O. The maximum Gasteiger partial charge on any atom is 0.320 e. The Morgan fingerprint density at radius 1 is 0.875 bits per heavy atom. The minimum atomic E-state index is -3.83. The Hall–Kier alpha value is -2.31. The second-order valence-electron chi connectivity index (χ2n) is 6.04. The lowest BCUT2D eigenvalue weighted by Crippen LogP contribution is -2.67. The van der Waals surface area contributed by atoms with Gasteiger partial charge in [0.05, 0.1) is 0 Å². The van der Waals surface area contributed by atoms with E-state index in [-0.39, 0.29) is 0 Å². The summed E-state index contributed by atoms with van der Waals surface area (Å²) >= 11 is 0. The Labute approximate surface area is 137 Å². The number of benzene rings is 2. The van der Waals surface area contributed by atoms with Crippen molar-refractivity contribution in [3.05, 3.63) is 42.5 Å². The third-order valence-electron chi connectivity index (χ3n) is 4.13. The number of fused-ring (bicyclic) bond motifs is 1. The fraction of sp³-hybridized carbons (Fsp3) is 0.353. The summed E-state index contributed by atoms with van der Waals surface area (Å²) in [7, 11) is 0. The zero-order chi connectivity index (χ0) is 18.2. The van der Waals surface area contributed by atoms with Crippen molar-refractivity contribution in [2.75, 3.05) is 5.32 Å². The number of rotatable bonds is 4. The number of nitrogens with one attached hydrogen (secondary N) is 2. The molecule has 0 atom stereocenters. The molecule has 0 aliphatic heterocycles. The largest absolute Gasteiger partial charge is 0.321 e. The van der Waals surface area contributed by atoms with Gasteiger partial charge in [-0.15, -0.1) is 0 Å². The number of carbonyl (C=O) groups is 1. The second-order valence-corrected chi connectivity index (χ2v) is 6.04. The number of alkyl halides is 4. The Morgan fingerprint density at radius 2 is 1.42 bits per heavy atom. The molecule has 0 saturated heterocycles. The molecule has 2 N–H and O–H groups in total. The third-order valence-corrected chi connectivity index (χ3v) is 4.13. The van der Waals surface area contributed by atoms with Gasteiger partial charge in [-0.2, -0.15) is 0 Å². The first kappa shape index (κ1) is 18.0. The van der Waals surface area contributed by atoms with Gasteiger partial charge in [-0.1, -0.05) is 30.3 Å². The van der Waals surface area contributed by atoms with Crippen LogP contribution >= 0.6 is 0 Å². The molecule has 7 heteroatoms. The number of halogens is 4. The zero-order valence-electron chi connectivity index (χ0n) is 13.5. The molecule has 130 valence electrons. The predicted molar refractivity (Wildman–Crippen MR) is 85.7 cm³/mol. The fourth-order valence-electron chi connectivity index (χ4n) is 2.26. The van der Waals surface area contributed by atoms with Gasteiger partial charge in [-0.05, 0) is 29.8 Å². The number of urea groups is 1. The standard InChI is InChI=1S/C17H18F4N2O/c1-15(16(2,18)19,17(3,20)21)23-14(24)22-13-9-8-11-6-4-5-7-12(11)10-13/h4-10H,1-3H3,(H2,22,23,24). The van der Waals surface area contributed by atoms with Gasteiger partial charge in [0.15, 0.2) is 5.54 Å². The molecule has 2 aromatic carbocycles. The first-order valence-corrected chi connectivity index (χ1v) is 7.28. The molecule has 0 saturated carbocycles. The highest BCUT2D eigenvalue weighted by Gasteiger charge is 2.61. The molecule has 0 aliphatic carbocycles. The van der Waals surface area contributed by atoms with E-state index in [1.165, 1.54) is 0 Å². The van der Waals surface area contributed by atoms with Gasteiger partial charge in [0, 0.05) is 19.5 Å². The van der Waals surface area contributed by atoms with Crippen molar-refractivity contribution < 1.29 is 22.4 Å². The van der Waals surface area contributed by atoms with Crippen LogP contribution in [0.25, 0.3) is 10.8 Å². The maximum atomic E-state index is 13.7. The lowest BCUT2D eigenvalue weighted by atomic mass is 9.88. The molecule has 2 rings (SSSR count). The maximum absolute atomic E-state index is 13.7. The number of hydrogen-bond acceptors (Lipinski definition) is 1. The normalized spacial score (nSPS) is 13.0. The monoisotopic (exact) mass is 342 g/mol. The van der Waals surface area contributed by atoms with Gasteiger partial charge in [0.25, 0.3) is 11.8 Å². The van der Waals surface area contributed by atoms with Crippen LogP contribution in [0, 0.1) is 0 Å². The number of anilines is 1. The second kappa shape index (κ2) is 5.96. The topological polar surface area (TPSA) is 41.1 Å². The van der Waals surface area contributed by atoms with Crippen molar-refractivity contribution in [3.63, 3.8) is 0 Å². The van der Waals surface area contributed by atoms with E-state index in [0.29, 0.717) is 26.5 Å². The van der Waals surface area contributed by atoms with Crippen LogP contribution in [-0.4, -0.2) is 23.4 Å². The Kier molecular flexibility index (Phi) is 4.48. The Bertz CT molecular complexity index is 736. The van der Waals surface area contributed by atoms with Crippen molar-refractivity contribution in [2.24, 2.45) is 0 Å². The average Bonchev–Trinajstić information content (AvgIpc) is 2.44. The summed E-state index contributed by atoms with van der Waals surface area (Å²) in [5, 5.41) is 5.78. The van der Waals surface area contributed by atoms with E-state index in [1.807, 2.05) is 18.2 Å². The molecule has 2 aromatic rings. The molecule has 0 fully saturated rings. The van der Waals surface area contributed by atoms with Gasteiger partial charge in [0.1, 0.15) is 0 Å². The van der Waals surface area contributed by atoms with E-state index in [4.69, 9.17) is 0 Å². The predicted octanol–water partition coefficient (Wildman–Crippen LogP) is 5.03. The highest BCUT2D eigenvalue weighted by atomic mass is 19.3. The van der Waals surface area contributed by atoms with Crippen LogP contribution in [0.15, 0.2) is 42.5 Å². The Morgan fingerprint density at radius 3 is 1.96 bits per heavy atom. The molecular weight excluding hydrogens is 324 g/mol. The van der Waals surface area contributed by atoms with Gasteiger partial charge < -0.3 is 10.6 Å².